The molecule has 1 heterocycles. The van der Waals surface area contributed by atoms with E-state index in [4.69, 9.17) is 4.98 Å². The molecule has 0 aliphatic heterocycles. The van der Waals surface area contributed by atoms with Crippen molar-refractivity contribution in [2.75, 3.05) is 13.6 Å². The maximum atomic E-state index is 4.75. The fourth-order valence-corrected chi connectivity index (χ4v) is 2.84. The Morgan fingerprint density at radius 1 is 1.26 bits per heavy atom. The molecule has 106 valence electrons. The zero-order valence-corrected chi connectivity index (χ0v) is 12.4. The minimum absolute atomic E-state index is 0.767. The molecule has 3 heteroatoms. The SMILES string of the molecule is CCCNCc1cccc(CN(C)C2CCCC2)n1. The van der Waals surface area contributed by atoms with Gasteiger partial charge in [-0.2, -0.15) is 0 Å². The molecular formula is C16H27N3. The number of pyridine rings is 1. The molecule has 1 fully saturated rings. The molecule has 0 radical (unpaired) electrons. The van der Waals surface area contributed by atoms with E-state index < -0.39 is 0 Å². The van der Waals surface area contributed by atoms with E-state index in [0.29, 0.717) is 0 Å². The van der Waals surface area contributed by atoms with Gasteiger partial charge in [0.05, 0.1) is 11.4 Å². The van der Waals surface area contributed by atoms with Gasteiger partial charge in [-0.3, -0.25) is 9.88 Å². The Morgan fingerprint density at radius 3 is 2.74 bits per heavy atom. The van der Waals surface area contributed by atoms with Crippen LogP contribution < -0.4 is 5.32 Å². The maximum Gasteiger partial charge on any atom is 0.0547 e. The molecule has 1 aliphatic carbocycles. The van der Waals surface area contributed by atoms with Crippen molar-refractivity contribution in [1.82, 2.24) is 15.2 Å². The Bertz CT molecular complexity index is 372. The van der Waals surface area contributed by atoms with Crippen molar-refractivity contribution in [3.63, 3.8) is 0 Å². The first kappa shape index (κ1) is 14.5. The lowest BCUT2D eigenvalue weighted by atomic mass is 10.2. The number of hydrogen-bond acceptors (Lipinski definition) is 3. The average molecular weight is 261 g/mol. The number of aromatic nitrogens is 1. The van der Waals surface area contributed by atoms with Crippen LogP contribution in [0.2, 0.25) is 0 Å². The third-order valence-corrected chi connectivity index (χ3v) is 3.96. The second-order valence-corrected chi connectivity index (χ2v) is 5.65. The molecule has 2 rings (SSSR count). The monoisotopic (exact) mass is 261 g/mol. The van der Waals surface area contributed by atoms with Crippen molar-refractivity contribution in [3.05, 3.63) is 29.6 Å². The van der Waals surface area contributed by atoms with Crippen molar-refractivity contribution >= 4 is 0 Å². The molecule has 0 spiro atoms. The van der Waals surface area contributed by atoms with Gasteiger partial charge in [0.15, 0.2) is 0 Å². The van der Waals surface area contributed by atoms with Gasteiger partial charge in [0.1, 0.15) is 0 Å². The first-order chi connectivity index (χ1) is 9.29. The zero-order chi connectivity index (χ0) is 13.5. The Labute approximate surface area is 117 Å². The van der Waals surface area contributed by atoms with E-state index in [2.05, 4.69) is 42.4 Å². The van der Waals surface area contributed by atoms with Crippen LogP contribution in [-0.2, 0) is 13.1 Å². The van der Waals surface area contributed by atoms with E-state index in [9.17, 15) is 0 Å². The van der Waals surface area contributed by atoms with Gasteiger partial charge in [-0.15, -0.1) is 0 Å². The normalized spacial score (nSPS) is 16.4. The molecule has 0 atom stereocenters. The highest BCUT2D eigenvalue weighted by Crippen LogP contribution is 2.23. The minimum atomic E-state index is 0.767. The fraction of sp³-hybridized carbons (Fsp3) is 0.688. The van der Waals surface area contributed by atoms with Gasteiger partial charge in [-0.05, 0) is 45.0 Å². The highest BCUT2D eigenvalue weighted by molar-refractivity contribution is 5.11. The molecule has 0 amide bonds. The third-order valence-electron chi connectivity index (χ3n) is 3.96. The second-order valence-electron chi connectivity index (χ2n) is 5.65. The third kappa shape index (κ3) is 4.59. The molecule has 0 aromatic carbocycles. The molecule has 1 aromatic heterocycles. The van der Waals surface area contributed by atoms with Gasteiger partial charge in [0, 0.05) is 19.1 Å². The van der Waals surface area contributed by atoms with Gasteiger partial charge < -0.3 is 5.32 Å². The molecule has 0 bridgehead atoms. The lowest BCUT2D eigenvalue weighted by Crippen LogP contribution is -2.29. The molecule has 1 N–H and O–H groups in total. The molecule has 1 aliphatic rings. The zero-order valence-electron chi connectivity index (χ0n) is 12.4. The van der Waals surface area contributed by atoms with E-state index in [1.165, 1.54) is 37.8 Å². The van der Waals surface area contributed by atoms with E-state index in [-0.39, 0.29) is 0 Å². The number of nitrogens with one attached hydrogen (secondary N) is 1. The van der Waals surface area contributed by atoms with E-state index in [1.54, 1.807) is 0 Å². The molecular weight excluding hydrogens is 234 g/mol. The fourth-order valence-electron chi connectivity index (χ4n) is 2.84. The molecule has 0 saturated heterocycles. The van der Waals surface area contributed by atoms with Gasteiger partial charge in [0.2, 0.25) is 0 Å². The van der Waals surface area contributed by atoms with Crippen LogP contribution in [0.3, 0.4) is 0 Å². The number of nitrogens with zero attached hydrogens (tertiary/aromatic N) is 2. The summed E-state index contributed by atoms with van der Waals surface area (Å²) in [4.78, 5) is 7.22. The van der Waals surface area contributed by atoms with Gasteiger partial charge in [-0.1, -0.05) is 25.8 Å². The van der Waals surface area contributed by atoms with Gasteiger partial charge in [-0.25, -0.2) is 0 Å². The quantitative estimate of drug-likeness (QED) is 0.765. The highest BCUT2D eigenvalue weighted by Gasteiger charge is 2.19. The summed E-state index contributed by atoms with van der Waals surface area (Å²) in [6.45, 7) is 5.11. The molecule has 1 saturated carbocycles. The van der Waals surface area contributed by atoms with Crippen LogP contribution in [0.4, 0.5) is 0 Å². The summed E-state index contributed by atoms with van der Waals surface area (Å²) in [7, 11) is 2.24. The Balaban J connectivity index is 1.86. The lowest BCUT2D eigenvalue weighted by Gasteiger charge is -2.23. The lowest BCUT2D eigenvalue weighted by molar-refractivity contribution is 0.234. The Kier molecular flexibility index (Phi) is 5.80. The predicted octanol–water partition coefficient (Wildman–Crippen LogP) is 2.96. The summed E-state index contributed by atoms with van der Waals surface area (Å²) in [5.41, 5.74) is 2.36. The van der Waals surface area contributed by atoms with Crippen LogP contribution in [0, 0.1) is 0 Å². The maximum absolute atomic E-state index is 4.75. The largest absolute Gasteiger partial charge is 0.311 e. The Hall–Kier alpha value is -0.930. The molecule has 1 aromatic rings. The number of hydrogen-bond donors (Lipinski definition) is 1. The van der Waals surface area contributed by atoms with Crippen molar-refractivity contribution in [3.8, 4) is 0 Å². The van der Waals surface area contributed by atoms with E-state index >= 15 is 0 Å². The highest BCUT2D eigenvalue weighted by atomic mass is 15.1. The summed E-state index contributed by atoms with van der Waals surface area (Å²) in [6.07, 6.45) is 6.67. The van der Waals surface area contributed by atoms with Gasteiger partial charge >= 0.3 is 0 Å². The van der Waals surface area contributed by atoms with Crippen LogP contribution in [0.1, 0.15) is 50.4 Å². The van der Waals surface area contributed by atoms with Crippen molar-refractivity contribution < 1.29 is 0 Å². The van der Waals surface area contributed by atoms with Crippen LogP contribution in [-0.4, -0.2) is 29.5 Å². The van der Waals surface area contributed by atoms with Crippen molar-refractivity contribution in [1.29, 1.82) is 0 Å². The second kappa shape index (κ2) is 7.61. The molecule has 3 nitrogen and oxygen atoms in total. The minimum Gasteiger partial charge on any atom is -0.311 e. The summed E-state index contributed by atoms with van der Waals surface area (Å²) >= 11 is 0. The standard InChI is InChI=1S/C16H27N3/c1-3-11-17-12-14-7-6-8-15(18-14)13-19(2)16-9-4-5-10-16/h6-8,16-17H,3-5,9-13H2,1-2H3. The van der Waals surface area contributed by atoms with Crippen LogP contribution in [0.15, 0.2) is 18.2 Å². The average Bonchev–Trinajstić information content (AvgIpc) is 2.93. The smallest absolute Gasteiger partial charge is 0.0547 e. The summed E-state index contributed by atoms with van der Waals surface area (Å²) in [5.74, 6) is 0. The van der Waals surface area contributed by atoms with Crippen LogP contribution >= 0.6 is 0 Å². The summed E-state index contributed by atoms with van der Waals surface area (Å²) in [5, 5.41) is 3.41. The number of rotatable bonds is 7. The summed E-state index contributed by atoms with van der Waals surface area (Å²) in [6, 6.07) is 7.16. The first-order valence-corrected chi connectivity index (χ1v) is 7.65. The molecule has 0 unspecified atom stereocenters. The van der Waals surface area contributed by atoms with Crippen LogP contribution in [0.25, 0.3) is 0 Å². The van der Waals surface area contributed by atoms with Crippen molar-refractivity contribution in [2.45, 2.75) is 58.2 Å². The Morgan fingerprint density at radius 2 is 2.00 bits per heavy atom. The summed E-state index contributed by atoms with van der Waals surface area (Å²) < 4.78 is 0. The topological polar surface area (TPSA) is 28.2 Å². The van der Waals surface area contributed by atoms with Crippen molar-refractivity contribution in [2.24, 2.45) is 0 Å². The van der Waals surface area contributed by atoms with E-state index in [1.807, 2.05) is 0 Å². The first-order valence-electron chi connectivity index (χ1n) is 7.65. The van der Waals surface area contributed by atoms with Gasteiger partial charge in [0.25, 0.3) is 0 Å². The van der Waals surface area contributed by atoms with E-state index in [0.717, 1.165) is 31.4 Å². The van der Waals surface area contributed by atoms with Crippen LogP contribution in [0.5, 0.6) is 0 Å². The predicted molar refractivity (Wildman–Crippen MR) is 80.0 cm³/mol. The molecule has 19 heavy (non-hydrogen) atoms.